The molecular weight excluding hydrogens is 379 g/mol. The summed E-state index contributed by atoms with van der Waals surface area (Å²) in [4.78, 5) is 11.9. The maximum atomic E-state index is 12.3. The van der Waals surface area contributed by atoms with Gasteiger partial charge in [0.15, 0.2) is 0 Å². The summed E-state index contributed by atoms with van der Waals surface area (Å²) in [6.07, 6.45) is -4.79. The lowest BCUT2D eigenvalue weighted by Crippen LogP contribution is -2.32. The summed E-state index contributed by atoms with van der Waals surface area (Å²) in [6, 6.07) is 13.1. The number of nitrogens with zero attached hydrogens (tertiary/aromatic N) is 2. The number of hydrogen-bond donors (Lipinski definition) is 1. The van der Waals surface area contributed by atoms with Crippen molar-refractivity contribution in [2.45, 2.75) is 25.5 Å². The molecular formula is C18H18F3N3O2S. The van der Waals surface area contributed by atoms with Gasteiger partial charge in [-0.25, -0.2) is 4.79 Å². The Morgan fingerprint density at radius 1 is 1.11 bits per heavy atom. The van der Waals surface area contributed by atoms with Crippen molar-refractivity contribution in [2.24, 2.45) is 10.8 Å². The summed E-state index contributed by atoms with van der Waals surface area (Å²) in [6.45, 7) is 3.95. The van der Waals surface area contributed by atoms with Crippen LogP contribution in [0.1, 0.15) is 19.4 Å². The summed E-state index contributed by atoms with van der Waals surface area (Å²) in [5.74, 6) is -0.403. The number of urea groups is 1. The van der Waals surface area contributed by atoms with Crippen LogP contribution >= 0.6 is 11.8 Å². The Hall–Kier alpha value is -2.68. The van der Waals surface area contributed by atoms with Crippen LogP contribution in [0.4, 0.5) is 23.7 Å². The zero-order valence-electron chi connectivity index (χ0n) is 14.6. The molecule has 144 valence electrons. The molecule has 0 unspecified atom stereocenters. The van der Waals surface area contributed by atoms with Crippen LogP contribution in [0.5, 0.6) is 5.75 Å². The van der Waals surface area contributed by atoms with Gasteiger partial charge in [0.1, 0.15) is 10.8 Å². The maximum Gasteiger partial charge on any atom is 0.573 e. The minimum atomic E-state index is -4.79. The highest BCUT2D eigenvalue weighted by atomic mass is 32.2. The first-order chi connectivity index (χ1) is 12.7. The smallest absolute Gasteiger partial charge is 0.406 e. The second-order valence-electron chi connectivity index (χ2n) is 5.63. The van der Waals surface area contributed by atoms with Gasteiger partial charge in [0, 0.05) is 10.8 Å². The molecule has 0 saturated heterocycles. The van der Waals surface area contributed by atoms with Crippen molar-refractivity contribution >= 4 is 28.5 Å². The molecule has 2 aromatic carbocycles. The van der Waals surface area contributed by atoms with Crippen LogP contribution in [0.2, 0.25) is 0 Å². The van der Waals surface area contributed by atoms with Crippen molar-refractivity contribution in [1.29, 1.82) is 0 Å². The molecule has 2 amide bonds. The number of nitrogens with two attached hydrogens (primary N) is 1. The van der Waals surface area contributed by atoms with Crippen LogP contribution in [0.25, 0.3) is 0 Å². The first kappa shape index (κ1) is 20.6. The van der Waals surface area contributed by atoms with Gasteiger partial charge >= 0.3 is 12.4 Å². The van der Waals surface area contributed by atoms with Gasteiger partial charge in [0.2, 0.25) is 0 Å². The van der Waals surface area contributed by atoms with Crippen LogP contribution in [-0.4, -0.2) is 22.7 Å². The molecule has 2 rings (SSSR count). The van der Waals surface area contributed by atoms with Crippen LogP contribution in [0, 0.1) is 0 Å². The third-order valence-corrected chi connectivity index (χ3v) is 4.09. The Bertz CT molecular complexity index is 794. The van der Waals surface area contributed by atoms with Gasteiger partial charge in [-0.2, -0.15) is 10.1 Å². The molecule has 9 heteroatoms. The highest BCUT2D eigenvalue weighted by Crippen LogP contribution is 2.27. The van der Waals surface area contributed by atoms with E-state index in [9.17, 15) is 18.0 Å². The van der Waals surface area contributed by atoms with Crippen LogP contribution in [0.15, 0.2) is 59.7 Å². The Kier molecular flexibility index (Phi) is 6.73. The molecule has 2 aromatic rings. The number of hydrazone groups is 1. The number of rotatable bonds is 5. The van der Waals surface area contributed by atoms with Crippen molar-refractivity contribution in [1.82, 2.24) is 0 Å². The predicted octanol–water partition coefficient (Wildman–Crippen LogP) is 4.97. The molecule has 27 heavy (non-hydrogen) atoms. The summed E-state index contributed by atoms with van der Waals surface area (Å²) in [7, 11) is 0. The molecule has 2 N–H and O–H groups in total. The standard InChI is InChI=1S/C18H18F3N3O2S/c1-12(2)27-16(13-6-4-3-5-7-13)23-24(17(22)25)14-8-10-15(11-9-14)26-18(19,20)21/h3-12H,1-2H3,(H2,22,25)/b23-16+. The van der Waals surface area contributed by atoms with E-state index >= 15 is 0 Å². The summed E-state index contributed by atoms with van der Waals surface area (Å²) in [5.41, 5.74) is 6.43. The third-order valence-electron chi connectivity index (χ3n) is 3.08. The Morgan fingerprint density at radius 2 is 1.70 bits per heavy atom. The van der Waals surface area contributed by atoms with E-state index < -0.39 is 18.1 Å². The van der Waals surface area contributed by atoms with Gasteiger partial charge < -0.3 is 10.5 Å². The van der Waals surface area contributed by atoms with Gasteiger partial charge in [-0.1, -0.05) is 44.2 Å². The van der Waals surface area contributed by atoms with Gasteiger partial charge in [0.05, 0.1) is 5.69 Å². The van der Waals surface area contributed by atoms with Crippen molar-refractivity contribution in [3.8, 4) is 5.75 Å². The van der Waals surface area contributed by atoms with Gasteiger partial charge in [-0.3, -0.25) is 0 Å². The molecule has 0 saturated carbocycles. The number of alkyl halides is 3. The van der Waals surface area contributed by atoms with Gasteiger partial charge in [-0.15, -0.1) is 24.9 Å². The van der Waals surface area contributed by atoms with E-state index in [0.717, 1.165) is 22.7 Å². The van der Waals surface area contributed by atoms with E-state index in [-0.39, 0.29) is 10.9 Å². The Balaban J connectivity index is 2.37. The Labute approximate surface area is 159 Å². The normalized spacial score (nSPS) is 12.1. The molecule has 0 radical (unpaired) electrons. The quantitative estimate of drug-likeness (QED) is 0.440. The van der Waals surface area contributed by atoms with Crippen LogP contribution in [0.3, 0.4) is 0 Å². The number of carbonyl (C=O) groups excluding carboxylic acids is 1. The summed E-state index contributed by atoms with van der Waals surface area (Å²) < 4.78 is 40.7. The number of carbonyl (C=O) groups is 1. The first-order valence-electron chi connectivity index (χ1n) is 7.92. The van der Waals surface area contributed by atoms with E-state index in [4.69, 9.17) is 5.73 Å². The molecule has 0 spiro atoms. The number of primary amides is 1. The van der Waals surface area contributed by atoms with Crippen molar-refractivity contribution in [3.63, 3.8) is 0 Å². The number of halogens is 3. The summed E-state index contributed by atoms with van der Waals surface area (Å²) >= 11 is 1.43. The number of hydrogen-bond acceptors (Lipinski definition) is 4. The van der Waals surface area contributed by atoms with E-state index in [1.165, 1.54) is 23.9 Å². The fraction of sp³-hybridized carbons (Fsp3) is 0.222. The zero-order valence-corrected chi connectivity index (χ0v) is 15.4. The van der Waals surface area contributed by atoms with Crippen molar-refractivity contribution < 1.29 is 22.7 Å². The molecule has 0 aliphatic rings. The van der Waals surface area contributed by atoms with Gasteiger partial charge in [-0.05, 0) is 24.3 Å². The number of ether oxygens (including phenoxy) is 1. The van der Waals surface area contributed by atoms with Gasteiger partial charge in [0.25, 0.3) is 0 Å². The fourth-order valence-electron chi connectivity index (χ4n) is 2.07. The second-order valence-corrected chi connectivity index (χ2v) is 7.19. The first-order valence-corrected chi connectivity index (χ1v) is 8.80. The fourth-order valence-corrected chi connectivity index (χ4v) is 2.91. The SMILES string of the molecule is CC(C)S/C(=N/N(C(N)=O)c1ccc(OC(F)(F)F)cc1)c1ccccc1. The van der Waals surface area contributed by atoms with E-state index in [1.54, 1.807) is 0 Å². The Morgan fingerprint density at radius 3 is 2.19 bits per heavy atom. The second kappa shape index (κ2) is 8.81. The number of amides is 2. The molecule has 5 nitrogen and oxygen atoms in total. The third kappa shape index (κ3) is 6.52. The molecule has 0 aliphatic heterocycles. The lowest BCUT2D eigenvalue weighted by Gasteiger charge is -2.18. The van der Waals surface area contributed by atoms with Crippen molar-refractivity contribution in [2.75, 3.05) is 5.01 Å². The number of benzene rings is 2. The number of thioether (sulfide) groups is 1. The predicted molar refractivity (Wildman–Crippen MR) is 101 cm³/mol. The van der Waals surface area contributed by atoms with Crippen LogP contribution < -0.4 is 15.5 Å². The minimum absolute atomic E-state index is 0.182. The molecule has 0 heterocycles. The maximum absolute atomic E-state index is 12.3. The van der Waals surface area contributed by atoms with Crippen molar-refractivity contribution in [3.05, 3.63) is 60.2 Å². The summed E-state index contributed by atoms with van der Waals surface area (Å²) in [5, 5.41) is 6.01. The van der Waals surface area contributed by atoms with E-state index in [0.29, 0.717) is 5.04 Å². The number of anilines is 1. The molecule has 0 aliphatic carbocycles. The minimum Gasteiger partial charge on any atom is -0.406 e. The molecule has 0 atom stereocenters. The average molecular weight is 397 g/mol. The van der Waals surface area contributed by atoms with Crippen LogP contribution in [-0.2, 0) is 0 Å². The molecule has 0 fully saturated rings. The highest BCUT2D eigenvalue weighted by molar-refractivity contribution is 8.14. The highest BCUT2D eigenvalue weighted by Gasteiger charge is 2.31. The largest absolute Gasteiger partial charge is 0.573 e. The topological polar surface area (TPSA) is 67.9 Å². The van der Waals surface area contributed by atoms with E-state index in [2.05, 4.69) is 9.84 Å². The monoisotopic (exact) mass is 397 g/mol. The lowest BCUT2D eigenvalue weighted by molar-refractivity contribution is -0.274. The zero-order chi connectivity index (χ0) is 20.0. The lowest BCUT2D eigenvalue weighted by atomic mass is 10.2. The molecule has 0 bridgehead atoms. The average Bonchev–Trinajstić information content (AvgIpc) is 2.58. The molecule has 0 aromatic heterocycles. The van der Waals surface area contributed by atoms with E-state index in [1.807, 2.05) is 44.2 Å².